The SMILES string of the molecule is COc1ccc(CNC(=O)/C=C(\C)c2cc3c(C)c(C)oc3c(C)c2OC)cc1. The van der Waals surface area contributed by atoms with Gasteiger partial charge in [0.1, 0.15) is 22.8 Å². The third-order valence-corrected chi connectivity index (χ3v) is 5.25. The van der Waals surface area contributed by atoms with Gasteiger partial charge in [0.2, 0.25) is 5.91 Å². The number of methoxy groups -OCH3 is 2. The number of nitrogens with one attached hydrogen (secondary N) is 1. The molecule has 0 unspecified atom stereocenters. The third-order valence-electron chi connectivity index (χ3n) is 5.25. The first-order chi connectivity index (χ1) is 13.8. The molecule has 0 atom stereocenters. The van der Waals surface area contributed by atoms with Gasteiger partial charge in [-0.1, -0.05) is 12.1 Å². The molecular weight excluding hydrogens is 366 g/mol. The Morgan fingerprint density at radius 2 is 1.76 bits per heavy atom. The summed E-state index contributed by atoms with van der Waals surface area (Å²) in [4.78, 5) is 12.5. The van der Waals surface area contributed by atoms with E-state index >= 15 is 0 Å². The minimum Gasteiger partial charge on any atom is -0.497 e. The molecule has 2 aromatic carbocycles. The Balaban J connectivity index is 1.85. The summed E-state index contributed by atoms with van der Waals surface area (Å²) in [6.07, 6.45) is 1.61. The molecule has 3 rings (SSSR count). The van der Waals surface area contributed by atoms with Gasteiger partial charge in [0.25, 0.3) is 0 Å². The Morgan fingerprint density at radius 1 is 1.07 bits per heavy atom. The van der Waals surface area contributed by atoms with Crippen LogP contribution in [0.5, 0.6) is 11.5 Å². The zero-order chi connectivity index (χ0) is 21.1. The van der Waals surface area contributed by atoms with E-state index in [-0.39, 0.29) is 5.91 Å². The van der Waals surface area contributed by atoms with Crippen LogP contribution in [0.2, 0.25) is 0 Å². The van der Waals surface area contributed by atoms with Crippen LogP contribution >= 0.6 is 0 Å². The van der Waals surface area contributed by atoms with Crippen LogP contribution in [-0.4, -0.2) is 20.1 Å². The van der Waals surface area contributed by atoms with E-state index in [9.17, 15) is 4.79 Å². The topological polar surface area (TPSA) is 60.7 Å². The molecule has 0 saturated heterocycles. The number of benzene rings is 2. The van der Waals surface area contributed by atoms with Crippen LogP contribution in [0.15, 0.2) is 40.8 Å². The van der Waals surface area contributed by atoms with Gasteiger partial charge in [-0.3, -0.25) is 4.79 Å². The Hall–Kier alpha value is -3.21. The lowest BCUT2D eigenvalue weighted by atomic mass is 9.98. The number of furan rings is 1. The summed E-state index contributed by atoms with van der Waals surface area (Å²) in [6, 6.07) is 9.65. The third kappa shape index (κ3) is 4.14. The zero-order valence-electron chi connectivity index (χ0n) is 17.8. The van der Waals surface area contributed by atoms with Crippen molar-refractivity contribution in [1.82, 2.24) is 5.32 Å². The van der Waals surface area contributed by atoms with Crippen LogP contribution in [0.1, 0.15) is 34.9 Å². The van der Waals surface area contributed by atoms with Crippen molar-refractivity contribution in [3.05, 3.63) is 64.4 Å². The Labute approximate surface area is 171 Å². The van der Waals surface area contributed by atoms with Crippen molar-refractivity contribution in [3.8, 4) is 11.5 Å². The van der Waals surface area contributed by atoms with E-state index < -0.39 is 0 Å². The van der Waals surface area contributed by atoms with Gasteiger partial charge in [-0.05, 0) is 62.6 Å². The van der Waals surface area contributed by atoms with E-state index in [0.29, 0.717) is 6.54 Å². The van der Waals surface area contributed by atoms with E-state index in [1.54, 1.807) is 20.3 Å². The molecule has 0 aliphatic carbocycles. The minimum absolute atomic E-state index is 0.154. The van der Waals surface area contributed by atoms with Crippen molar-refractivity contribution in [3.63, 3.8) is 0 Å². The van der Waals surface area contributed by atoms with Gasteiger partial charge in [0.15, 0.2) is 0 Å². The summed E-state index contributed by atoms with van der Waals surface area (Å²) in [7, 11) is 3.27. The Bertz CT molecular complexity index is 1070. The molecule has 0 radical (unpaired) electrons. The molecule has 29 heavy (non-hydrogen) atoms. The molecule has 0 fully saturated rings. The largest absolute Gasteiger partial charge is 0.497 e. The highest BCUT2D eigenvalue weighted by Crippen LogP contribution is 2.38. The predicted octanol–water partition coefficient (Wildman–Crippen LogP) is 5.09. The summed E-state index contributed by atoms with van der Waals surface area (Å²) in [5.74, 6) is 2.25. The predicted molar refractivity (Wildman–Crippen MR) is 115 cm³/mol. The second kappa shape index (κ2) is 8.43. The van der Waals surface area contributed by atoms with E-state index in [0.717, 1.165) is 56.1 Å². The molecular formula is C24H27NO4. The molecule has 152 valence electrons. The van der Waals surface area contributed by atoms with Gasteiger partial charge in [-0.2, -0.15) is 0 Å². The second-order valence-corrected chi connectivity index (χ2v) is 7.14. The number of hydrogen-bond acceptors (Lipinski definition) is 4. The van der Waals surface area contributed by atoms with Gasteiger partial charge in [-0.15, -0.1) is 0 Å². The summed E-state index contributed by atoms with van der Waals surface area (Å²) >= 11 is 0. The van der Waals surface area contributed by atoms with Crippen LogP contribution in [0.3, 0.4) is 0 Å². The molecule has 0 aliphatic rings. The first-order valence-electron chi connectivity index (χ1n) is 9.52. The van der Waals surface area contributed by atoms with Crippen molar-refractivity contribution >= 4 is 22.4 Å². The number of rotatable bonds is 6. The second-order valence-electron chi connectivity index (χ2n) is 7.14. The van der Waals surface area contributed by atoms with Gasteiger partial charge in [0.05, 0.1) is 14.2 Å². The Morgan fingerprint density at radius 3 is 2.38 bits per heavy atom. The quantitative estimate of drug-likeness (QED) is 0.592. The molecule has 1 heterocycles. The van der Waals surface area contributed by atoms with Crippen molar-refractivity contribution < 1.29 is 18.7 Å². The summed E-state index contributed by atoms with van der Waals surface area (Å²) in [5.41, 5.74) is 5.59. The summed E-state index contributed by atoms with van der Waals surface area (Å²) in [5, 5.41) is 3.97. The first kappa shape index (κ1) is 20.5. The van der Waals surface area contributed by atoms with E-state index in [2.05, 4.69) is 5.32 Å². The maximum atomic E-state index is 12.5. The standard InChI is InChI=1S/C24H27NO4/c1-14(11-22(26)25-13-18-7-9-19(27-5)10-8-18)20-12-21-15(2)17(4)29-24(21)16(3)23(20)28-6/h7-12H,13H2,1-6H3,(H,25,26)/b14-11+. The fraction of sp³-hybridized carbons (Fsp3) is 0.292. The van der Waals surface area contributed by atoms with Gasteiger partial charge in [-0.25, -0.2) is 0 Å². The number of allylic oxidation sites excluding steroid dienone is 1. The minimum atomic E-state index is -0.154. The lowest BCUT2D eigenvalue weighted by Crippen LogP contribution is -2.20. The molecule has 1 amide bonds. The first-order valence-corrected chi connectivity index (χ1v) is 9.52. The zero-order valence-corrected chi connectivity index (χ0v) is 17.8. The highest BCUT2D eigenvalue weighted by atomic mass is 16.5. The molecule has 5 nitrogen and oxygen atoms in total. The molecule has 0 aliphatic heterocycles. The summed E-state index contributed by atoms with van der Waals surface area (Å²) in [6.45, 7) is 8.33. The van der Waals surface area contributed by atoms with Crippen LogP contribution in [0.4, 0.5) is 0 Å². The number of amides is 1. The van der Waals surface area contributed by atoms with Gasteiger partial charge >= 0.3 is 0 Å². The summed E-state index contributed by atoms with van der Waals surface area (Å²) < 4.78 is 16.7. The van der Waals surface area contributed by atoms with Crippen molar-refractivity contribution in [1.29, 1.82) is 0 Å². The monoisotopic (exact) mass is 393 g/mol. The maximum absolute atomic E-state index is 12.5. The van der Waals surface area contributed by atoms with Crippen LogP contribution in [-0.2, 0) is 11.3 Å². The fourth-order valence-corrected chi connectivity index (χ4v) is 3.43. The number of carbonyl (C=O) groups excluding carboxylic acids is 1. The van der Waals surface area contributed by atoms with Crippen LogP contribution in [0, 0.1) is 20.8 Å². The smallest absolute Gasteiger partial charge is 0.244 e. The fourth-order valence-electron chi connectivity index (χ4n) is 3.43. The average molecular weight is 393 g/mol. The van der Waals surface area contributed by atoms with Crippen molar-refractivity contribution in [2.24, 2.45) is 0 Å². The lowest BCUT2D eigenvalue weighted by Gasteiger charge is -2.13. The normalized spacial score (nSPS) is 11.6. The van der Waals surface area contributed by atoms with Crippen molar-refractivity contribution in [2.45, 2.75) is 34.2 Å². The average Bonchev–Trinajstić information content (AvgIpc) is 3.01. The van der Waals surface area contributed by atoms with Crippen molar-refractivity contribution in [2.75, 3.05) is 14.2 Å². The van der Waals surface area contributed by atoms with E-state index in [1.807, 2.05) is 58.0 Å². The van der Waals surface area contributed by atoms with Gasteiger partial charge < -0.3 is 19.2 Å². The molecule has 5 heteroatoms. The molecule has 0 bridgehead atoms. The Kier molecular flexibility index (Phi) is 5.97. The van der Waals surface area contributed by atoms with E-state index in [4.69, 9.17) is 13.9 Å². The molecule has 0 saturated carbocycles. The number of fused-ring (bicyclic) bond motifs is 1. The number of ether oxygens (including phenoxy) is 2. The van der Waals surface area contributed by atoms with Crippen LogP contribution < -0.4 is 14.8 Å². The lowest BCUT2D eigenvalue weighted by molar-refractivity contribution is -0.116. The maximum Gasteiger partial charge on any atom is 0.244 e. The van der Waals surface area contributed by atoms with E-state index in [1.165, 1.54) is 0 Å². The van der Waals surface area contributed by atoms with Crippen LogP contribution in [0.25, 0.3) is 16.5 Å². The number of carbonyl (C=O) groups is 1. The number of aryl methyl sites for hydroxylation is 3. The number of hydrogen-bond donors (Lipinski definition) is 1. The molecule has 1 aromatic heterocycles. The molecule has 3 aromatic rings. The molecule has 0 spiro atoms. The highest BCUT2D eigenvalue weighted by Gasteiger charge is 2.18. The highest BCUT2D eigenvalue weighted by molar-refractivity contribution is 5.98. The van der Waals surface area contributed by atoms with Gasteiger partial charge in [0, 0.05) is 29.1 Å². The molecule has 1 N–H and O–H groups in total.